The number of carbonyl (C=O) groups is 2. The van der Waals surface area contributed by atoms with Crippen molar-refractivity contribution in [2.24, 2.45) is 0 Å². The predicted molar refractivity (Wildman–Crippen MR) is 93.0 cm³/mol. The van der Waals surface area contributed by atoms with Crippen molar-refractivity contribution in [1.82, 2.24) is 5.32 Å². The third-order valence-corrected chi connectivity index (χ3v) is 3.92. The van der Waals surface area contributed by atoms with Crippen LogP contribution >= 0.6 is 11.6 Å². The number of anilines is 1. The van der Waals surface area contributed by atoms with E-state index in [0.29, 0.717) is 29.1 Å². The van der Waals surface area contributed by atoms with Crippen LogP contribution < -0.4 is 10.6 Å². The summed E-state index contributed by atoms with van der Waals surface area (Å²) in [7, 11) is 1.57. The van der Waals surface area contributed by atoms with Crippen molar-refractivity contribution in [2.45, 2.75) is 19.8 Å². The van der Waals surface area contributed by atoms with E-state index in [1.807, 2.05) is 25.1 Å². The number of rotatable bonds is 5. The summed E-state index contributed by atoms with van der Waals surface area (Å²) in [5.74, 6) is -0.286. The number of carbonyl (C=O) groups excluding carboxylic acids is 2. The molecular formula is C18H19ClN2O2. The molecule has 120 valence electrons. The molecule has 0 saturated heterocycles. The molecule has 5 heteroatoms. The third kappa shape index (κ3) is 4.83. The van der Waals surface area contributed by atoms with Gasteiger partial charge in [-0.15, -0.1) is 0 Å². The van der Waals surface area contributed by atoms with Crippen molar-refractivity contribution >= 4 is 29.1 Å². The molecule has 0 saturated carbocycles. The van der Waals surface area contributed by atoms with E-state index in [4.69, 9.17) is 11.6 Å². The van der Waals surface area contributed by atoms with Crippen LogP contribution in [0.15, 0.2) is 42.5 Å². The van der Waals surface area contributed by atoms with Gasteiger partial charge in [-0.2, -0.15) is 0 Å². The highest BCUT2D eigenvalue weighted by molar-refractivity contribution is 6.31. The Kier molecular flexibility index (Phi) is 5.77. The summed E-state index contributed by atoms with van der Waals surface area (Å²) >= 11 is 6.08. The quantitative estimate of drug-likeness (QED) is 0.880. The summed E-state index contributed by atoms with van der Waals surface area (Å²) < 4.78 is 0. The highest BCUT2D eigenvalue weighted by Gasteiger charge is 2.07. The number of hydrogen-bond acceptors (Lipinski definition) is 2. The van der Waals surface area contributed by atoms with Gasteiger partial charge in [0.05, 0.1) is 0 Å². The van der Waals surface area contributed by atoms with E-state index < -0.39 is 0 Å². The number of amides is 2. The smallest absolute Gasteiger partial charge is 0.251 e. The average molecular weight is 331 g/mol. The van der Waals surface area contributed by atoms with E-state index in [9.17, 15) is 9.59 Å². The minimum atomic E-state index is -0.185. The molecule has 0 aliphatic rings. The van der Waals surface area contributed by atoms with Crippen molar-refractivity contribution < 1.29 is 9.59 Å². The molecule has 0 spiro atoms. The van der Waals surface area contributed by atoms with Gasteiger partial charge in [0.25, 0.3) is 5.91 Å². The SMILES string of the molecule is CNC(=O)c1cccc(NC(=O)CCc2ccc(C)c(Cl)c2)c1. The highest BCUT2D eigenvalue weighted by atomic mass is 35.5. The van der Waals surface area contributed by atoms with Crippen LogP contribution in [0.1, 0.15) is 27.9 Å². The maximum Gasteiger partial charge on any atom is 0.251 e. The summed E-state index contributed by atoms with van der Waals surface area (Å²) in [5, 5.41) is 6.07. The summed E-state index contributed by atoms with van der Waals surface area (Å²) in [5.41, 5.74) is 3.16. The van der Waals surface area contributed by atoms with Gasteiger partial charge in [-0.05, 0) is 48.7 Å². The fraction of sp³-hybridized carbons (Fsp3) is 0.222. The molecule has 0 bridgehead atoms. The molecule has 0 aromatic heterocycles. The molecule has 0 fully saturated rings. The van der Waals surface area contributed by atoms with Crippen molar-refractivity contribution in [3.05, 3.63) is 64.2 Å². The maximum absolute atomic E-state index is 12.0. The van der Waals surface area contributed by atoms with Gasteiger partial charge >= 0.3 is 0 Å². The molecule has 2 amide bonds. The number of benzene rings is 2. The minimum Gasteiger partial charge on any atom is -0.355 e. The van der Waals surface area contributed by atoms with Crippen LogP contribution in [0.5, 0.6) is 0 Å². The molecule has 0 aliphatic carbocycles. The van der Waals surface area contributed by atoms with E-state index in [1.54, 1.807) is 31.3 Å². The molecule has 2 N–H and O–H groups in total. The van der Waals surface area contributed by atoms with Crippen LogP contribution in [0.2, 0.25) is 5.02 Å². The van der Waals surface area contributed by atoms with Crippen LogP contribution in [-0.2, 0) is 11.2 Å². The molecule has 0 aliphatic heterocycles. The number of halogens is 1. The Morgan fingerprint density at radius 1 is 1.13 bits per heavy atom. The minimum absolute atomic E-state index is 0.101. The lowest BCUT2D eigenvalue weighted by atomic mass is 10.1. The largest absolute Gasteiger partial charge is 0.355 e. The lowest BCUT2D eigenvalue weighted by molar-refractivity contribution is -0.116. The first kappa shape index (κ1) is 17.0. The lowest BCUT2D eigenvalue weighted by Crippen LogP contribution is -2.18. The molecular weight excluding hydrogens is 312 g/mol. The van der Waals surface area contributed by atoms with E-state index in [2.05, 4.69) is 10.6 Å². The first-order chi connectivity index (χ1) is 11.0. The zero-order chi connectivity index (χ0) is 16.8. The molecule has 2 aromatic carbocycles. The Morgan fingerprint density at radius 2 is 1.91 bits per heavy atom. The van der Waals surface area contributed by atoms with E-state index >= 15 is 0 Å². The van der Waals surface area contributed by atoms with Crippen molar-refractivity contribution in [1.29, 1.82) is 0 Å². The summed E-state index contributed by atoms with van der Waals surface area (Å²) in [4.78, 5) is 23.6. The number of hydrogen-bond donors (Lipinski definition) is 2. The summed E-state index contributed by atoms with van der Waals surface area (Å²) in [6.45, 7) is 1.94. The Hall–Kier alpha value is -2.33. The monoisotopic (exact) mass is 330 g/mol. The zero-order valence-electron chi connectivity index (χ0n) is 13.2. The Labute approximate surface area is 140 Å². The van der Waals surface area contributed by atoms with Gasteiger partial charge in [0.1, 0.15) is 0 Å². The molecule has 0 heterocycles. The number of aryl methyl sites for hydroxylation is 2. The van der Waals surface area contributed by atoms with Crippen molar-refractivity contribution in [3.63, 3.8) is 0 Å². The van der Waals surface area contributed by atoms with Crippen LogP contribution in [0.3, 0.4) is 0 Å². The Morgan fingerprint density at radius 3 is 2.61 bits per heavy atom. The maximum atomic E-state index is 12.0. The second kappa shape index (κ2) is 7.79. The first-order valence-corrected chi connectivity index (χ1v) is 7.74. The molecule has 0 atom stereocenters. The van der Waals surface area contributed by atoms with Gasteiger partial charge in [-0.3, -0.25) is 9.59 Å². The van der Waals surface area contributed by atoms with Gasteiger partial charge in [-0.25, -0.2) is 0 Å². The average Bonchev–Trinajstić information content (AvgIpc) is 2.55. The fourth-order valence-electron chi connectivity index (χ4n) is 2.16. The summed E-state index contributed by atoms with van der Waals surface area (Å²) in [6, 6.07) is 12.6. The zero-order valence-corrected chi connectivity index (χ0v) is 13.9. The molecule has 2 rings (SSSR count). The van der Waals surface area contributed by atoms with Crippen molar-refractivity contribution in [2.75, 3.05) is 12.4 Å². The van der Waals surface area contributed by atoms with E-state index in [1.165, 1.54) is 0 Å². The third-order valence-electron chi connectivity index (χ3n) is 3.51. The Balaban J connectivity index is 1.94. The normalized spacial score (nSPS) is 10.2. The molecule has 0 unspecified atom stereocenters. The van der Waals surface area contributed by atoms with E-state index in [0.717, 1.165) is 11.1 Å². The first-order valence-electron chi connectivity index (χ1n) is 7.36. The van der Waals surface area contributed by atoms with Crippen LogP contribution in [0.4, 0.5) is 5.69 Å². The highest BCUT2D eigenvalue weighted by Crippen LogP contribution is 2.18. The molecule has 2 aromatic rings. The summed E-state index contributed by atoms with van der Waals surface area (Å²) in [6.07, 6.45) is 0.963. The Bertz CT molecular complexity index is 729. The van der Waals surface area contributed by atoms with Gasteiger partial charge in [0.2, 0.25) is 5.91 Å². The number of nitrogens with one attached hydrogen (secondary N) is 2. The van der Waals surface area contributed by atoms with Crippen molar-refractivity contribution in [3.8, 4) is 0 Å². The molecule has 4 nitrogen and oxygen atoms in total. The van der Waals surface area contributed by atoms with Crippen LogP contribution in [-0.4, -0.2) is 18.9 Å². The second-order valence-electron chi connectivity index (χ2n) is 5.29. The van der Waals surface area contributed by atoms with Gasteiger partial charge in [0, 0.05) is 29.7 Å². The van der Waals surface area contributed by atoms with Crippen LogP contribution in [0.25, 0.3) is 0 Å². The fourth-order valence-corrected chi connectivity index (χ4v) is 2.36. The molecule has 0 radical (unpaired) electrons. The standard InChI is InChI=1S/C18H19ClN2O2/c1-12-6-7-13(10-16(12)19)8-9-17(22)21-15-5-3-4-14(11-15)18(23)20-2/h3-7,10-11H,8-9H2,1-2H3,(H,20,23)(H,21,22). The predicted octanol–water partition coefficient (Wildman–Crippen LogP) is 3.58. The second-order valence-corrected chi connectivity index (χ2v) is 5.70. The van der Waals surface area contributed by atoms with E-state index in [-0.39, 0.29) is 11.8 Å². The molecule has 23 heavy (non-hydrogen) atoms. The van der Waals surface area contributed by atoms with Gasteiger partial charge < -0.3 is 10.6 Å². The van der Waals surface area contributed by atoms with Gasteiger partial charge in [-0.1, -0.05) is 29.8 Å². The lowest BCUT2D eigenvalue weighted by Gasteiger charge is -2.08. The topological polar surface area (TPSA) is 58.2 Å². The van der Waals surface area contributed by atoms with Gasteiger partial charge in [0.15, 0.2) is 0 Å². The van der Waals surface area contributed by atoms with Crippen LogP contribution in [0, 0.1) is 6.92 Å².